The second-order valence-electron chi connectivity index (χ2n) is 3.78. The molecule has 0 aromatic carbocycles. The van der Waals surface area contributed by atoms with Crippen molar-refractivity contribution in [2.45, 2.75) is 31.5 Å². The summed E-state index contributed by atoms with van der Waals surface area (Å²) in [6, 6.07) is 0. The summed E-state index contributed by atoms with van der Waals surface area (Å²) in [6.45, 7) is 2.25. The largest absolute Gasteiger partial charge is 0.382 e. The van der Waals surface area contributed by atoms with Gasteiger partial charge in [0.05, 0.1) is 12.7 Å². The van der Waals surface area contributed by atoms with Crippen LogP contribution in [-0.4, -0.2) is 57.6 Å². The molecule has 1 heterocycles. The quantitative estimate of drug-likeness (QED) is 0.723. The van der Waals surface area contributed by atoms with Crippen LogP contribution in [0.3, 0.4) is 0 Å². The fraction of sp³-hybridized carbons (Fsp3) is 1.00. The molecule has 1 aliphatic rings. The third-order valence-corrected chi connectivity index (χ3v) is 2.85. The number of aliphatic hydroxyl groups is 1. The molecule has 0 unspecified atom stereocenters. The number of methoxy groups -OCH3 is 3. The van der Waals surface area contributed by atoms with E-state index in [1.807, 2.05) is 6.92 Å². The molecule has 15 heavy (non-hydrogen) atoms. The molecule has 0 aromatic rings. The third kappa shape index (κ3) is 2.68. The van der Waals surface area contributed by atoms with Gasteiger partial charge in [-0.15, -0.1) is 0 Å². The summed E-state index contributed by atoms with van der Waals surface area (Å²) in [5.41, 5.74) is 0. The maximum absolute atomic E-state index is 9.68. The molecule has 0 aliphatic carbocycles. The average Bonchev–Trinajstić information content (AvgIpc) is 2.23. The molecule has 90 valence electrons. The highest BCUT2D eigenvalue weighted by atomic mass is 16.6. The van der Waals surface area contributed by atoms with Gasteiger partial charge in [-0.25, -0.2) is 0 Å². The van der Waals surface area contributed by atoms with Crippen molar-refractivity contribution in [3.05, 3.63) is 0 Å². The molecule has 0 spiro atoms. The van der Waals surface area contributed by atoms with Gasteiger partial charge in [0.15, 0.2) is 6.29 Å². The Labute approximate surface area is 90.3 Å². The number of hydrogen-bond donors (Lipinski definition) is 1. The molecule has 1 fully saturated rings. The van der Waals surface area contributed by atoms with Gasteiger partial charge < -0.3 is 24.1 Å². The van der Waals surface area contributed by atoms with Gasteiger partial charge in [-0.3, -0.25) is 0 Å². The monoisotopic (exact) mass is 220 g/mol. The first-order valence-corrected chi connectivity index (χ1v) is 5.03. The molecule has 0 bridgehead atoms. The highest BCUT2D eigenvalue weighted by Gasteiger charge is 2.43. The first kappa shape index (κ1) is 12.9. The van der Waals surface area contributed by atoms with E-state index in [0.29, 0.717) is 6.61 Å². The average molecular weight is 220 g/mol. The summed E-state index contributed by atoms with van der Waals surface area (Å²) >= 11 is 0. The van der Waals surface area contributed by atoms with E-state index in [0.717, 1.165) is 0 Å². The van der Waals surface area contributed by atoms with E-state index in [-0.39, 0.29) is 24.2 Å². The van der Waals surface area contributed by atoms with E-state index in [2.05, 4.69) is 0 Å². The van der Waals surface area contributed by atoms with Crippen LogP contribution in [0.4, 0.5) is 0 Å². The Morgan fingerprint density at radius 3 is 2.20 bits per heavy atom. The van der Waals surface area contributed by atoms with Crippen molar-refractivity contribution >= 4 is 0 Å². The summed E-state index contributed by atoms with van der Waals surface area (Å²) in [5.74, 6) is -0.118. The molecule has 1 rings (SSSR count). The lowest BCUT2D eigenvalue weighted by Crippen LogP contribution is -2.56. The molecule has 0 amide bonds. The third-order valence-electron chi connectivity index (χ3n) is 2.85. The van der Waals surface area contributed by atoms with Gasteiger partial charge in [-0.2, -0.15) is 0 Å². The Balaban J connectivity index is 2.73. The van der Waals surface area contributed by atoms with Gasteiger partial charge in [-0.1, -0.05) is 6.92 Å². The summed E-state index contributed by atoms with van der Waals surface area (Å²) < 4.78 is 21.1. The van der Waals surface area contributed by atoms with Crippen LogP contribution < -0.4 is 0 Å². The normalized spacial score (nSPS) is 41.8. The van der Waals surface area contributed by atoms with Gasteiger partial charge in [0.25, 0.3) is 0 Å². The van der Waals surface area contributed by atoms with E-state index in [9.17, 15) is 5.11 Å². The Kier molecular flexibility index (Phi) is 4.95. The van der Waals surface area contributed by atoms with Crippen LogP contribution in [0.2, 0.25) is 0 Å². The van der Waals surface area contributed by atoms with Gasteiger partial charge >= 0.3 is 0 Å². The molecule has 0 aromatic heterocycles. The zero-order valence-corrected chi connectivity index (χ0v) is 9.67. The second kappa shape index (κ2) is 5.77. The minimum absolute atomic E-state index is 0.118. The van der Waals surface area contributed by atoms with Crippen LogP contribution in [-0.2, 0) is 18.9 Å². The Morgan fingerprint density at radius 1 is 1.13 bits per heavy atom. The van der Waals surface area contributed by atoms with E-state index >= 15 is 0 Å². The zero-order chi connectivity index (χ0) is 11.4. The molecule has 1 N–H and O–H groups in total. The van der Waals surface area contributed by atoms with E-state index in [1.165, 1.54) is 0 Å². The fourth-order valence-electron chi connectivity index (χ4n) is 1.99. The number of rotatable bonds is 4. The predicted octanol–water partition coefficient (Wildman–Crippen LogP) is 0.0161. The predicted molar refractivity (Wildman–Crippen MR) is 53.5 cm³/mol. The van der Waals surface area contributed by atoms with Crippen LogP contribution in [0, 0.1) is 5.92 Å². The summed E-state index contributed by atoms with van der Waals surface area (Å²) in [5, 5.41) is 9.68. The van der Waals surface area contributed by atoms with Crippen LogP contribution in [0.15, 0.2) is 0 Å². The van der Waals surface area contributed by atoms with Crippen molar-refractivity contribution in [2.24, 2.45) is 5.92 Å². The van der Waals surface area contributed by atoms with Crippen LogP contribution in [0.1, 0.15) is 6.92 Å². The van der Waals surface area contributed by atoms with Crippen LogP contribution in [0.25, 0.3) is 0 Å². The minimum atomic E-state index is -0.832. The van der Waals surface area contributed by atoms with E-state index in [1.54, 1.807) is 21.3 Å². The standard InChI is InChI=1S/C10H20O5/c1-6-8(13-3)9(14-4)7(5-12-2)15-10(6)11/h6-11H,5H2,1-4H3/t6-,7-,8-,9-,10+/m1/s1. The molecule has 1 saturated heterocycles. The molecule has 5 nitrogen and oxygen atoms in total. The fourth-order valence-corrected chi connectivity index (χ4v) is 1.99. The first-order chi connectivity index (χ1) is 7.15. The molecule has 5 atom stereocenters. The van der Waals surface area contributed by atoms with Gasteiger partial charge in [0.1, 0.15) is 12.2 Å². The van der Waals surface area contributed by atoms with Crippen molar-refractivity contribution in [3.8, 4) is 0 Å². The lowest BCUT2D eigenvalue weighted by atomic mass is 9.92. The van der Waals surface area contributed by atoms with E-state index in [4.69, 9.17) is 18.9 Å². The van der Waals surface area contributed by atoms with Crippen molar-refractivity contribution in [3.63, 3.8) is 0 Å². The number of ether oxygens (including phenoxy) is 4. The lowest BCUT2D eigenvalue weighted by Gasteiger charge is -2.42. The Bertz CT molecular complexity index is 187. The second-order valence-corrected chi connectivity index (χ2v) is 3.78. The van der Waals surface area contributed by atoms with Gasteiger partial charge in [0.2, 0.25) is 0 Å². The van der Waals surface area contributed by atoms with Gasteiger partial charge in [-0.05, 0) is 0 Å². The van der Waals surface area contributed by atoms with Crippen LogP contribution in [0.5, 0.6) is 0 Å². The molecular weight excluding hydrogens is 200 g/mol. The van der Waals surface area contributed by atoms with Crippen molar-refractivity contribution < 1.29 is 24.1 Å². The first-order valence-electron chi connectivity index (χ1n) is 5.03. The highest BCUT2D eigenvalue weighted by molar-refractivity contribution is 4.88. The Hall–Kier alpha value is -0.200. The summed E-state index contributed by atoms with van der Waals surface area (Å²) in [4.78, 5) is 0. The SMILES string of the molecule is COC[C@H]1O[C@H](O)[C@H](C)[C@@H](OC)[C@@H]1OC. The minimum Gasteiger partial charge on any atom is -0.382 e. The Morgan fingerprint density at radius 2 is 1.73 bits per heavy atom. The molecule has 0 saturated carbocycles. The zero-order valence-electron chi connectivity index (χ0n) is 9.67. The maximum Gasteiger partial charge on any atom is 0.160 e. The van der Waals surface area contributed by atoms with Crippen LogP contribution >= 0.6 is 0 Å². The van der Waals surface area contributed by atoms with Crippen molar-refractivity contribution in [1.82, 2.24) is 0 Å². The maximum atomic E-state index is 9.68. The molecule has 1 aliphatic heterocycles. The van der Waals surface area contributed by atoms with Crippen molar-refractivity contribution in [2.75, 3.05) is 27.9 Å². The van der Waals surface area contributed by atoms with Crippen molar-refractivity contribution in [1.29, 1.82) is 0 Å². The molecular formula is C10H20O5. The number of aliphatic hydroxyl groups excluding tert-OH is 1. The topological polar surface area (TPSA) is 57.2 Å². The smallest absolute Gasteiger partial charge is 0.160 e. The molecule has 0 radical (unpaired) electrons. The summed E-state index contributed by atoms with van der Waals surface area (Å²) in [7, 11) is 4.80. The number of hydrogen-bond acceptors (Lipinski definition) is 5. The van der Waals surface area contributed by atoms with E-state index < -0.39 is 6.29 Å². The summed E-state index contributed by atoms with van der Waals surface area (Å²) in [6.07, 6.45) is -1.52. The lowest BCUT2D eigenvalue weighted by molar-refractivity contribution is -0.276. The van der Waals surface area contributed by atoms with Gasteiger partial charge in [0, 0.05) is 27.2 Å². The highest BCUT2D eigenvalue weighted by Crippen LogP contribution is 2.28. The molecule has 5 heteroatoms.